The molecule has 1 aliphatic heterocycles. The van der Waals surface area contributed by atoms with Crippen LogP contribution in [-0.2, 0) is 20.0 Å². The third-order valence-electron chi connectivity index (χ3n) is 4.79. The van der Waals surface area contributed by atoms with Gasteiger partial charge in [0.05, 0.1) is 6.54 Å². The van der Waals surface area contributed by atoms with Crippen LogP contribution in [0.1, 0.15) is 32.9 Å². The SMILES string of the molecule is Cc1cc(C(=O)C[NH+]2CCc3ccccc3C2)c(C)n1C. The smallest absolute Gasteiger partial charge is 0.218 e. The van der Waals surface area contributed by atoms with Crippen molar-refractivity contribution in [3.8, 4) is 0 Å². The summed E-state index contributed by atoms with van der Waals surface area (Å²) in [6.07, 6.45) is 1.07. The average Bonchev–Trinajstić information content (AvgIpc) is 2.75. The number of carbonyl (C=O) groups excluding carboxylic acids is 1. The molecule has 1 N–H and O–H groups in total. The Morgan fingerprint density at radius 2 is 1.95 bits per heavy atom. The molecule has 1 atom stereocenters. The number of benzene rings is 1. The molecular weight excluding hydrogens is 260 g/mol. The first-order valence-corrected chi connectivity index (χ1v) is 7.62. The molecule has 3 heteroatoms. The summed E-state index contributed by atoms with van der Waals surface area (Å²) in [6.45, 7) is 6.69. The Hall–Kier alpha value is -1.87. The minimum atomic E-state index is 0.269. The van der Waals surface area contributed by atoms with Gasteiger partial charge >= 0.3 is 0 Å². The molecule has 0 saturated carbocycles. The number of Topliss-reactive ketones (excluding diaryl/α,β-unsaturated/α-hetero) is 1. The molecule has 0 bridgehead atoms. The summed E-state index contributed by atoms with van der Waals surface area (Å²) in [6, 6.07) is 10.6. The Labute approximate surface area is 126 Å². The van der Waals surface area contributed by atoms with E-state index in [1.54, 1.807) is 0 Å². The predicted molar refractivity (Wildman–Crippen MR) is 83.8 cm³/mol. The molecule has 1 aliphatic rings. The highest BCUT2D eigenvalue weighted by Gasteiger charge is 2.23. The van der Waals surface area contributed by atoms with Crippen molar-refractivity contribution >= 4 is 5.78 Å². The standard InChI is InChI=1S/C18H22N2O/c1-13-10-17(14(2)19(13)3)18(21)12-20-9-8-15-6-4-5-7-16(15)11-20/h4-7,10H,8-9,11-12H2,1-3H3/p+1. The summed E-state index contributed by atoms with van der Waals surface area (Å²) in [5, 5.41) is 0. The lowest BCUT2D eigenvalue weighted by molar-refractivity contribution is -0.907. The molecule has 3 nitrogen and oxygen atoms in total. The first kappa shape index (κ1) is 14.1. The summed E-state index contributed by atoms with van der Waals surface area (Å²) in [7, 11) is 2.02. The normalized spacial score (nSPS) is 17.6. The van der Waals surface area contributed by atoms with Crippen LogP contribution in [0.5, 0.6) is 0 Å². The zero-order valence-corrected chi connectivity index (χ0v) is 13.1. The highest BCUT2D eigenvalue weighted by atomic mass is 16.1. The molecule has 0 amide bonds. The number of hydrogen-bond acceptors (Lipinski definition) is 1. The van der Waals surface area contributed by atoms with Crippen molar-refractivity contribution in [2.45, 2.75) is 26.8 Å². The van der Waals surface area contributed by atoms with Crippen LogP contribution in [0.2, 0.25) is 0 Å². The van der Waals surface area contributed by atoms with Crippen molar-refractivity contribution in [3.63, 3.8) is 0 Å². The van der Waals surface area contributed by atoms with E-state index in [4.69, 9.17) is 0 Å². The molecule has 0 saturated heterocycles. The van der Waals surface area contributed by atoms with Gasteiger partial charge in [0, 0.05) is 36.0 Å². The number of carbonyl (C=O) groups is 1. The van der Waals surface area contributed by atoms with Gasteiger partial charge in [-0.2, -0.15) is 0 Å². The maximum absolute atomic E-state index is 12.6. The molecular formula is C18H23N2O+. The zero-order valence-electron chi connectivity index (χ0n) is 13.1. The lowest BCUT2D eigenvalue weighted by atomic mass is 9.99. The van der Waals surface area contributed by atoms with E-state index >= 15 is 0 Å². The maximum Gasteiger partial charge on any atom is 0.218 e. The van der Waals surface area contributed by atoms with Gasteiger partial charge in [0.15, 0.2) is 0 Å². The summed E-state index contributed by atoms with van der Waals surface area (Å²) in [5.74, 6) is 0.269. The fourth-order valence-corrected chi connectivity index (χ4v) is 3.25. The highest BCUT2D eigenvalue weighted by molar-refractivity contribution is 5.98. The van der Waals surface area contributed by atoms with Gasteiger partial charge in [0.2, 0.25) is 5.78 Å². The predicted octanol–water partition coefficient (Wildman–Crippen LogP) is 1.47. The van der Waals surface area contributed by atoms with Crippen LogP contribution in [0.3, 0.4) is 0 Å². The fraction of sp³-hybridized carbons (Fsp3) is 0.389. The van der Waals surface area contributed by atoms with Crippen molar-refractivity contribution in [1.29, 1.82) is 0 Å². The van der Waals surface area contributed by atoms with Gasteiger partial charge in [0.25, 0.3) is 0 Å². The molecule has 1 aromatic carbocycles. The van der Waals surface area contributed by atoms with Crippen LogP contribution in [-0.4, -0.2) is 23.4 Å². The van der Waals surface area contributed by atoms with Gasteiger partial charge in [-0.25, -0.2) is 0 Å². The van der Waals surface area contributed by atoms with Crippen molar-refractivity contribution in [3.05, 3.63) is 58.4 Å². The molecule has 0 radical (unpaired) electrons. The molecule has 110 valence electrons. The number of nitrogens with one attached hydrogen (secondary N) is 1. The Kier molecular flexibility index (Phi) is 3.68. The molecule has 1 unspecified atom stereocenters. The Bertz CT molecular complexity index is 685. The second-order valence-electron chi connectivity index (χ2n) is 6.14. The van der Waals surface area contributed by atoms with Crippen LogP contribution in [0.25, 0.3) is 0 Å². The summed E-state index contributed by atoms with van der Waals surface area (Å²) in [4.78, 5) is 14.0. The minimum absolute atomic E-state index is 0.269. The van der Waals surface area contributed by atoms with Crippen LogP contribution >= 0.6 is 0 Å². The molecule has 21 heavy (non-hydrogen) atoms. The van der Waals surface area contributed by atoms with E-state index in [0.717, 1.165) is 36.5 Å². The van der Waals surface area contributed by atoms with E-state index in [1.165, 1.54) is 16.0 Å². The molecule has 0 aliphatic carbocycles. The van der Waals surface area contributed by atoms with E-state index in [1.807, 2.05) is 27.0 Å². The van der Waals surface area contributed by atoms with E-state index < -0.39 is 0 Å². The first-order valence-electron chi connectivity index (χ1n) is 7.62. The van der Waals surface area contributed by atoms with E-state index in [-0.39, 0.29) is 5.78 Å². The molecule has 0 spiro atoms. The molecule has 1 aromatic heterocycles. The van der Waals surface area contributed by atoms with Gasteiger partial charge in [-0.1, -0.05) is 24.3 Å². The van der Waals surface area contributed by atoms with Gasteiger partial charge in [-0.05, 0) is 25.5 Å². The molecule has 2 heterocycles. The lowest BCUT2D eigenvalue weighted by Gasteiger charge is -2.25. The first-order chi connectivity index (χ1) is 10.1. The Morgan fingerprint density at radius 1 is 1.24 bits per heavy atom. The summed E-state index contributed by atoms with van der Waals surface area (Å²) < 4.78 is 2.09. The summed E-state index contributed by atoms with van der Waals surface area (Å²) >= 11 is 0. The average molecular weight is 283 g/mol. The fourth-order valence-electron chi connectivity index (χ4n) is 3.25. The quantitative estimate of drug-likeness (QED) is 0.848. The van der Waals surface area contributed by atoms with Gasteiger partial charge in [0.1, 0.15) is 13.1 Å². The van der Waals surface area contributed by atoms with E-state index in [0.29, 0.717) is 6.54 Å². The van der Waals surface area contributed by atoms with E-state index in [2.05, 4.69) is 28.8 Å². The largest absolute Gasteiger partial charge is 0.351 e. The number of fused-ring (bicyclic) bond motifs is 1. The second-order valence-corrected chi connectivity index (χ2v) is 6.14. The van der Waals surface area contributed by atoms with Crippen molar-refractivity contribution in [2.75, 3.05) is 13.1 Å². The molecule has 3 rings (SSSR count). The second kappa shape index (κ2) is 5.49. The Morgan fingerprint density at radius 3 is 2.62 bits per heavy atom. The van der Waals surface area contributed by atoms with Crippen LogP contribution in [0.15, 0.2) is 30.3 Å². The van der Waals surface area contributed by atoms with Crippen LogP contribution < -0.4 is 4.90 Å². The number of quaternary nitrogens is 1. The van der Waals surface area contributed by atoms with Crippen molar-refractivity contribution in [1.82, 2.24) is 4.57 Å². The van der Waals surface area contributed by atoms with Crippen molar-refractivity contribution < 1.29 is 9.69 Å². The highest BCUT2D eigenvalue weighted by Crippen LogP contribution is 2.14. The number of ketones is 1. The molecule has 0 fully saturated rings. The number of aryl methyl sites for hydroxylation is 1. The minimum Gasteiger partial charge on any atom is -0.351 e. The Balaban J connectivity index is 1.73. The number of nitrogens with zero attached hydrogens (tertiary/aromatic N) is 1. The zero-order chi connectivity index (χ0) is 15.0. The van der Waals surface area contributed by atoms with E-state index in [9.17, 15) is 4.79 Å². The number of rotatable bonds is 3. The van der Waals surface area contributed by atoms with Gasteiger partial charge in [-0.3, -0.25) is 4.79 Å². The summed E-state index contributed by atoms with van der Waals surface area (Å²) in [5.41, 5.74) is 5.96. The maximum atomic E-state index is 12.6. The van der Waals surface area contributed by atoms with Crippen LogP contribution in [0, 0.1) is 13.8 Å². The monoisotopic (exact) mass is 283 g/mol. The molecule has 2 aromatic rings. The third kappa shape index (κ3) is 2.66. The lowest BCUT2D eigenvalue weighted by Crippen LogP contribution is -3.12. The number of hydrogen-bond donors (Lipinski definition) is 1. The van der Waals surface area contributed by atoms with Gasteiger partial charge in [-0.15, -0.1) is 0 Å². The number of aromatic nitrogens is 1. The van der Waals surface area contributed by atoms with Crippen LogP contribution in [0.4, 0.5) is 0 Å². The van der Waals surface area contributed by atoms with Gasteiger partial charge < -0.3 is 9.47 Å². The van der Waals surface area contributed by atoms with Crippen molar-refractivity contribution in [2.24, 2.45) is 7.05 Å². The topological polar surface area (TPSA) is 26.4 Å². The third-order valence-corrected chi connectivity index (χ3v) is 4.79.